The van der Waals surface area contributed by atoms with Crippen LogP contribution in [0.5, 0.6) is 5.75 Å². The number of hydrogen-bond donors (Lipinski definition) is 2. The number of benzene rings is 2. The van der Waals surface area contributed by atoms with Crippen LogP contribution in [-0.4, -0.2) is 103 Å². The van der Waals surface area contributed by atoms with Crippen molar-refractivity contribution in [3.63, 3.8) is 0 Å². The summed E-state index contributed by atoms with van der Waals surface area (Å²) >= 11 is 0. The summed E-state index contributed by atoms with van der Waals surface area (Å²) in [5.74, 6) is -0.159. The fourth-order valence-electron chi connectivity index (χ4n) is 5.37. The third-order valence-electron chi connectivity index (χ3n) is 7.59. The highest BCUT2D eigenvalue weighted by Crippen LogP contribution is 2.28. The van der Waals surface area contributed by atoms with Crippen LogP contribution in [-0.2, 0) is 27.3 Å². The quantitative estimate of drug-likeness (QED) is 0.280. The molecular weight excluding hydrogens is 571 g/mol. The summed E-state index contributed by atoms with van der Waals surface area (Å²) < 4.78 is 23.6. The molecule has 44 heavy (non-hydrogen) atoms. The molecule has 0 aliphatic carbocycles. The molecule has 0 bridgehead atoms. The summed E-state index contributed by atoms with van der Waals surface area (Å²) in [6, 6.07) is 12.1. The van der Waals surface area contributed by atoms with Crippen molar-refractivity contribution < 1.29 is 33.0 Å². The average Bonchev–Trinajstić information content (AvgIpc) is 3.02. The van der Waals surface area contributed by atoms with Gasteiger partial charge < -0.3 is 29.9 Å². The van der Waals surface area contributed by atoms with Gasteiger partial charge in [-0.25, -0.2) is 24.0 Å². The number of ether oxygens (including phenoxy) is 2. The van der Waals surface area contributed by atoms with Gasteiger partial charge in [0.1, 0.15) is 30.4 Å². The van der Waals surface area contributed by atoms with Crippen molar-refractivity contribution in [1.82, 2.24) is 30.5 Å². The van der Waals surface area contributed by atoms with E-state index in [-0.39, 0.29) is 56.8 Å². The largest absolute Gasteiger partial charge is 0.497 e. The third kappa shape index (κ3) is 8.04. The van der Waals surface area contributed by atoms with E-state index in [2.05, 4.69) is 17.2 Å². The Hall–Kier alpha value is -4.65. The van der Waals surface area contributed by atoms with Gasteiger partial charge in [-0.2, -0.15) is 0 Å². The minimum Gasteiger partial charge on any atom is -0.497 e. The summed E-state index contributed by atoms with van der Waals surface area (Å²) in [5.41, 5.74) is 1.72. The van der Waals surface area contributed by atoms with Crippen molar-refractivity contribution in [3.8, 4) is 5.75 Å². The SMILES string of the molecule is C=CCOC(=O)NCCC[C@H]1C(=O)N(CCc2ccc(F)cc2)C[C@H]2N1C(=O)CN(C)N2C(=O)NCc1ccc(OC)cc1. The number of urea groups is 1. The Morgan fingerprint density at radius 2 is 1.77 bits per heavy atom. The van der Waals surface area contributed by atoms with Gasteiger partial charge in [-0.3, -0.25) is 9.59 Å². The normalized spacial score (nSPS) is 18.5. The molecule has 2 atom stereocenters. The zero-order chi connectivity index (χ0) is 31.6. The highest BCUT2D eigenvalue weighted by atomic mass is 19.1. The van der Waals surface area contributed by atoms with E-state index < -0.39 is 24.3 Å². The van der Waals surface area contributed by atoms with Crippen molar-refractivity contribution >= 4 is 23.9 Å². The lowest BCUT2D eigenvalue weighted by atomic mass is 10.0. The van der Waals surface area contributed by atoms with Crippen LogP contribution in [0.4, 0.5) is 14.0 Å². The van der Waals surface area contributed by atoms with E-state index in [9.17, 15) is 23.6 Å². The number of carbonyl (C=O) groups excluding carboxylic acids is 4. The minimum absolute atomic E-state index is 0.0732. The van der Waals surface area contributed by atoms with Gasteiger partial charge in [-0.1, -0.05) is 36.9 Å². The fraction of sp³-hybridized carbons (Fsp3) is 0.419. The molecule has 5 amide bonds. The first-order valence-electron chi connectivity index (χ1n) is 14.5. The molecule has 4 rings (SSSR count). The lowest BCUT2D eigenvalue weighted by molar-refractivity contribution is -0.187. The number of nitrogens with one attached hydrogen (secondary N) is 2. The Bertz CT molecular complexity index is 1320. The van der Waals surface area contributed by atoms with E-state index in [0.717, 1.165) is 11.1 Å². The number of halogens is 1. The predicted octanol–water partition coefficient (Wildman–Crippen LogP) is 2.51. The second-order valence-corrected chi connectivity index (χ2v) is 10.6. The molecule has 0 aromatic heterocycles. The zero-order valence-corrected chi connectivity index (χ0v) is 25.0. The van der Waals surface area contributed by atoms with Crippen molar-refractivity contribution in [1.29, 1.82) is 0 Å². The lowest BCUT2D eigenvalue weighted by Gasteiger charge is -2.54. The summed E-state index contributed by atoms with van der Waals surface area (Å²) in [6.07, 6.45) is 1.23. The van der Waals surface area contributed by atoms with E-state index >= 15 is 0 Å². The summed E-state index contributed by atoms with van der Waals surface area (Å²) in [4.78, 5) is 55.8. The van der Waals surface area contributed by atoms with E-state index in [4.69, 9.17) is 9.47 Å². The summed E-state index contributed by atoms with van der Waals surface area (Å²) in [7, 11) is 3.24. The average molecular weight is 611 g/mol. The standard InChI is InChI=1S/C31H39FN6O6/c1-4-18-44-31(42)33-16-5-6-26-29(40)36(17-15-22-7-11-24(32)12-8-22)20-27-37(26)28(39)21-35(2)38(27)30(41)34-19-23-9-13-25(43-3)14-10-23/h4,7-14,26-27H,1,5-6,15-21H2,2-3H3,(H,33,42)(H,34,41)/t26-,27-/m0/s1. The number of methoxy groups -OCH3 is 1. The van der Waals surface area contributed by atoms with Gasteiger partial charge in [0, 0.05) is 26.7 Å². The predicted molar refractivity (Wildman–Crippen MR) is 160 cm³/mol. The Morgan fingerprint density at radius 1 is 1.07 bits per heavy atom. The van der Waals surface area contributed by atoms with E-state index in [1.165, 1.54) is 28.1 Å². The molecule has 13 heteroatoms. The van der Waals surface area contributed by atoms with Crippen LogP contribution >= 0.6 is 0 Å². The van der Waals surface area contributed by atoms with Gasteiger partial charge >= 0.3 is 12.1 Å². The van der Waals surface area contributed by atoms with Gasteiger partial charge in [0.15, 0.2) is 0 Å². The second-order valence-electron chi connectivity index (χ2n) is 10.6. The van der Waals surface area contributed by atoms with Crippen LogP contribution in [0.2, 0.25) is 0 Å². The molecular formula is C31H39FN6O6. The van der Waals surface area contributed by atoms with Crippen LogP contribution in [0.1, 0.15) is 24.0 Å². The van der Waals surface area contributed by atoms with Crippen LogP contribution < -0.4 is 15.4 Å². The highest BCUT2D eigenvalue weighted by Gasteiger charge is 2.50. The van der Waals surface area contributed by atoms with Crippen LogP contribution in [0, 0.1) is 5.82 Å². The number of alkyl carbamates (subject to hydrolysis) is 1. The van der Waals surface area contributed by atoms with E-state index in [1.54, 1.807) is 48.3 Å². The van der Waals surface area contributed by atoms with Crippen LogP contribution in [0.15, 0.2) is 61.2 Å². The summed E-state index contributed by atoms with van der Waals surface area (Å²) in [5, 5.41) is 8.61. The molecule has 0 spiro atoms. The number of hydrogen-bond acceptors (Lipinski definition) is 7. The monoisotopic (exact) mass is 610 g/mol. The van der Waals surface area contributed by atoms with Gasteiger partial charge in [-0.05, 0) is 54.7 Å². The Balaban J connectivity index is 1.51. The van der Waals surface area contributed by atoms with Crippen LogP contribution in [0.25, 0.3) is 0 Å². The zero-order valence-electron chi connectivity index (χ0n) is 25.0. The fourth-order valence-corrected chi connectivity index (χ4v) is 5.37. The first kappa shape index (κ1) is 32.3. The molecule has 2 aliphatic heterocycles. The van der Waals surface area contributed by atoms with Gasteiger partial charge in [-0.15, -0.1) is 0 Å². The summed E-state index contributed by atoms with van der Waals surface area (Å²) in [6.45, 7) is 4.39. The molecule has 2 aliphatic rings. The Labute approximate surface area is 256 Å². The van der Waals surface area contributed by atoms with Crippen LogP contribution in [0.3, 0.4) is 0 Å². The highest BCUT2D eigenvalue weighted by molar-refractivity contribution is 5.91. The molecule has 236 valence electrons. The second kappa shape index (κ2) is 15.2. The maximum Gasteiger partial charge on any atom is 0.407 e. The van der Waals surface area contributed by atoms with Crippen molar-refractivity contribution in [2.75, 3.05) is 46.9 Å². The van der Waals surface area contributed by atoms with Gasteiger partial charge in [0.25, 0.3) is 0 Å². The van der Waals surface area contributed by atoms with E-state index in [0.29, 0.717) is 25.1 Å². The first-order chi connectivity index (χ1) is 21.2. The van der Waals surface area contributed by atoms with E-state index in [1.807, 2.05) is 12.1 Å². The smallest absolute Gasteiger partial charge is 0.407 e. The lowest BCUT2D eigenvalue weighted by Crippen LogP contribution is -2.76. The Kier molecular flexibility index (Phi) is 11.1. The Morgan fingerprint density at radius 3 is 2.45 bits per heavy atom. The number of piperazine rings is 1. The number of nitrogens with zero attached hydrogens (tertiary/aromatic N) is 4. The molecule has 0 unspecified atom stereocenters. The maximum atomic E-state index is 13.8. The molecule has 2 heterocycles. The number of likely N-dealkylation sites (N-methyl/N-ethyl adjacent to an activating group) is 1. The molecule has 12 nitrogen and oxygen atoms in total. The van der Waals surface area contributed by atoms with Crippen molar-refractivity contribution in [2.45, 2.75) is 38.0 Å². The molecule has 0 radical (unpaired) electrons. The molecule has 2 saturated heterocycles. The maximum absolute atomic E-state index is 13.8. The van der Waals surface area contributed by atoms with Crippen molar-refractivity contribution in [3.05, 3.63) is 78.1 Å². The number of carbonyl (C=O) groups is 4. The van der Waals surface area contributed by atoms with Crippen molar-refractivity contribution in [2.24, 2.45) is 0 Å². The third-order valence-corrected chi connectivity index (χ3v) is 7.59. The molecule has 2 aromatic carbocycles. The molecule has 2 N–H and O–H groups in total. The number of amides is 5. The number of fused-ring (bicyclic) bond motifs is 1. The number of hydrazine groups is 1. The first-order valence-corrected chi connectivity index (χ1v) is 14.5. The molecule has 0 saturated carbocycles. The minimum atomic E-state index is -0.842. The molecule has 2 aromatic rings. The van der Waals surface area contributed by atoms with Gasteiger partial charge in [0.2, 0.25) is 11.8 Å². The number of rotatable bonds is 12. The topological polar surface area (TPSA) is 124 Å². The van der Waals surface area contributed by atoms with Gasteiger partial charge in [0.05, 0.1) is 20.2 Å². The molecule has 2 fully saturated rings.